The highest BCUT2D eigenvalue weighted by Crippen LogP contribution is 2.30. The summed E-state index contributed by atoms with van der Waals surface area (Å²) in [6, 6.07) is 5.90. The minimum atomic E-state index is -2.86. The number of sulfone groups is 1. The van der Waals surface area contributed by atoms with Gasteiger partial charge in [-0.05, 0) is 30.5 Å². The van der Waals surface area contributed by atoms with Crippen LogP contribution in [0, 0.1) is 0 Å². The van der Waals surface area contributed by atoms with Crippen molar-refractivity contribution in [2.24, 2.45) is 0 Å². The summed E-state index contributed by atoms with van der Waals surface area (Å²) in [7, 11) is -2.86. The number of nitrogens with one attached hydrogen (secondary N) is 1. The van der Waals surface area contributed by atoms with E-state index in [1.165, 1.54) is 0 Å². The molecule has 2 aliphatic rings. The van der Waals surface area contributed by atoms with Crippen LogP contribution in [0.25, 0.3) is 0 Å². The molecule has 0 radical (unpaired) electrons. The fourth-order valence-electron chi connectivity index (χ4n) is 2.64. The summed E-state index contributed by atoms with van der Waals surface area (Å²) in [5.74, 6) is 2.12. The Morgan fingerprint density at radius 1 is 1.20 bits per heavy atom. The number of benzene rings is 1. The van der Waals surface area contributed by atoms with Gasteiger partial charge in [-0.15, -0.1) is 0 Å². The van der Waals surface area contributed by atoms with E-state index in [1.807, 2.05) is 18.2 Å². The van der Waals surface area contributed by atoms with E-state index < -0.39 is 9.84 Å². The summed E-state index contributed by atoms with van der Waals surface area (Å²) in [6.45, 7) is 1.81. The smallest absolute Gasteiger partial charge is 0.161 e. The van der Waals surface area contributed by atoms with Crippen molar-refractivity contribution in [2.45, 2.75) is 25.4 Å². The maximum Gasteiger partial charge on any atom is 0.161 e. The molecule has 6 heteroatoms. The van der Waals surface area contributed by atoms with Crippen molar-refractivity contribution in [3.63, 3.8) is 0 Å². The zero-order valence-corrected chi connectivity index (χ0v) is 12.1. The lowest BCUT2D eigenvalue weighted by molar-refractivity contribution is 0.171. The van der Waals surface area contributed by atoms with Crippen LogP contribution in [0.3, 0.4) is 0 Å². The highest BCUT2D eigenvalue weighted by molar-refractivity contribution is 7.91. The van der Waals surface area contributed by atoms with E-state index in [0.717, 1.165) is 29.9 Å². The second-order valence-corrected chi connectivity index (χ2v) is 7.54. The minimum absolute atomic E-state index is 0.0574. The second kappa shape index (κ2) is 5.61. The Labute approximate surface area is 119 Å². The van der Waals surface area contributed by atoms with Gasteiger partial charge < -0.3 is 14.8 Å². The third-order valence-corrected chi connectivity index (χ3v) is 5.49. The molecule has 1 unspecified atom stereocenters. The Balaban J connectivity index is 1.61. The van der Waals surface area contributed by atoms with Crippen molar-refractivity contribution in [2.75, 3.05) is 24.7 Å². The summed E-state index contributed by atoms with van der Waals surface area (Å²) in [5, 5.41) is 3.32. The molecule has 0 bridgehead atoms. The second-order valence-electron chi connectivity index (χ2n) is 5.31. The molecule has 5 nitrogen and oxygen atoms in total. The van der Waals surface area contributed by atoms with Gasteiger partial charge in [-0.25, -0.2) is 8.42 Å². The Hall–Kier alpha value is -1.27. The van der Waals surface area contributed by atoms with Crippen LogP contribution in [0.15, 0.2) is 18.2 Å². The molecule has 1 aromatic carbocycles. The lowest BCUT2D eigenvalue weighted by Gasteiger charge is -2.23. The van der Waals surface area contributed by atoms with Gasteiger partial charge in [0.2, 0.25) is 0 Å². The summed E-state index contributed by atoms with van der Waals surface area (Å²) < 4.78 is 34.2. The number of hydrogen-bond acceptors (Lipinski definition) is 5. The first kappa shape index (κ1) is 13.7. The van der Waals surface area contributed by atoms with E-state index >= 15 is 0 Å². The zero-order chi connectivity index (χ0) is 14.0. The average Bonchev–Trinajstić information content (AvgIpc) is 2.44. The van der Waals surface area contributed by atoms with Crippen LogP contribution in [0.5, 0.6) is 11.5 Å². The molecule has 0 amide bonds. The third-order valence-electron chi connectivity index (χ3n) is 3.66. The van der Waals surface area contributed by atoms with Crippen molar-refractivity contribution in [1.29, 1.82) is 0 Å². The summed E-state index contributed by atoms with van der Waals surface area (Å²) >= 11 is 0. The minimum Gasteiger partial charge on any atom is -0.486 e. The van der Waals surface area contributed by atoms with Crippen LogP contribution < -0.4 is 14.8 Å². The van der Waals surface area contributed by atoms with E-state index in [2.05, 4.69) is 5.32 Å². The van der Waals surface area contributed by atoms with Gasteiger partial charge in [0.05, 0.1) is 11.5 Å². The molecular weight excluding hydrogens is 278 g/mol. The van der Waals surface area contributed by atoms with Gasteiger partial charge >= 0.3 is 0 Å². The van der Waals surface area contributed by atoms with Gasteiger partial charge in [0.15, 0.2) is 21.3 Å². The zero-order valence-electron chi connectivity index (χ0n) is 11.3. The van der Waals surface area contributed by atoms with E-state index in [0.29, 0.717) is 25.5 Å². The molecule has 110 valence electrons. The number of hydrogen-bond donors (Lipinski definition) is 1. The van der Waals surface area contributed by atoms with Gasteiger partial charge in [0, 0.05) is 12.6 Å². The highest BCUT2D eigenvalue weighted by atomic mass is 32.2. The molecule has 1 atom stereocenters. The SMILES string of the molecule is O=S1(=O)CCCC(NCc2ccc3c(c2)OCCO3)C1. The molecule has 1 saturated heterocycles. The number of ether oxygens (including phenoxy) is 2. The lowest BCUT2D eigenvalue weighted by Crippen LogP contribution is -2.39. The van der Waals surface area contributed by atoms with Gasteiger partial charge in [0.25, 0.3) is 0 Å². The van der Waals surface area contributed by atoms with Crippen LogP contribution in [0.1, 0.15) is 18.4 Å². The standard InChI is InChI=1S/C14H19NO4S/c16-20(17)7-1-2-12(10-20)15-9-11-3-4-13-14(8-11)19-6-5-18-13/h3-4,8,12,15H,1-2,5-7,9-10H2. The monoisotopic (exact) mass is 297 g/mol. The van der Waals surface area contributed by atoms with Crippen molar-refractivity contribution in [3.8, 4) is 11.5 Å². The van der Waals surface area contributed by atoms with Crippen LogP contribution in [-0.2, 0) is 16.4 Å². The van der Waals surface area contributed by atoms with Crippen molar-refractivity contribution < 1.29 is 17.9 Å². The predicted octanol–water partition coefficient (Wildman–Crippen LogP) is 1.12. The first-order chi connectivity index (χ1) is 9.62. The molecule has 1 N–H and O–H groups in total. The molecule has 1 fully saturated rings. The average molecular weight is 297 g/mol. The molecule has 2 heterocycles. The largest absolute Gasteiger partial charge is 0.486 e. The first-order valence-electron chi connectivity index (χ1n) is 6.95. The van der Waals surface area contributed by atoms with Crippen molar-refractivity contribution in [1.82, 2.24) is 5.32 Å². The highest BCUT2D eigenvalue weighted by Gasteiger charge is 2.24. The van der Waals surface area contributed by atoms with Gasteiger partial charge in [0.1, 0.15) is 13.2 Å². The maximum absolute atomic E-state index is 11.6. The topological polar surface area (TPSA) is 64.6 Å². The molecule has 0 aromatic heterocycles. The van der Waals surface area contributed by atoms with Crippen molar-refractivity contribution >= 4 is 9.84 Å². The molecule has 2 aliphatic heterocycles. The fourth-order valence-corrected chi connectivity index (χ4v) is 4.31. The van der Waals surface area contributed by atoms with Crippen LogP contribution in [0.4, 0.5) is 0 Å². The van der Waals surface area contributed by atoms with E-state index in [-0.39, 0.29) is 11.8 Å². The molecule has 3 rings (SSSR count). The van der Waals surface area contributed by atoms with Crippen LogP contribution in [-0.4, -0.2) is 39.2 Å². The van der Waals surface area contributed by atoms with Gasteiger partial charge in [-0.1, -0.05) is 6.07 Å². The van der Waals surface area contributed by atoms with Gasteiger partial charge in [-0.3, -0.25) is 0 Å². The molecule has 0 saturated carbocycles. The number of fused-ring (bicyclic) bond motifs is 1. The Kier molecular flexibility index (Phi) is 3.85. The quantitative estimate of drug-likeness (QED) is 0.906. The Morgan fingerprint density at radius 2 is 2.00 bits per heavy atom. The normalized spacial score (nSPS) is 24.3. The third kappa shape index (κ3) is 3.24. The van der Waals surface area contributed by atoms with Crippen LogP contribution in [0.2, 0.25) is 0 Å². The molecule has 0 aliphatic carbocycles. The summed E-state index contributed by atoms with van der Waals surface area (Å²) in [4.78, 5) is 0. The fraction of sp³-hybridized carbons (Fsp3) is 0.571. The maximum atomic E-state index is 11.6. The van der Waals surface area contributed by atoms with Crippen molar-refractivity contribution in [3.05, 3.63) is 23.8 Å². The van der Waals surface area contributed by atoms with Gasteiger partial charge in [-0.2, -0.15) is 0 Å². The molecule has 1 aromatic rings. The summed E-state index contributed by atoms with van der Waals surface area (Å²) in [6.07, 6.45) is 1.67. The first-order valence-corrected chi connectivity index (χ1v) is 8.77. The Bertz CT molecular complexity index is 585. The predicted molar refractivity (Wildman–Crippen MR) is 75.9 cm³/mol. The van der Waals surface area contributed by atoms with E-state index in [9.17, 15) is 8.42 Å². The Morgan fingerprint density at radius 3 is 2.80 bits per heavy atom. The molecular formula is C14H19NO4S. The molecule has 20 heavy (non-hydrogen) atoms. The summed E-state index contributed by atoms with van der Waals surface area (Å²) in [5.41, 5.74) is 1.08. The van der Waals surface area contributed by atoms with E-state index in [1.54, 1.807) is 0 Å². The lowest BCUT2D eigenvalue weighted by atomic mass is 10.1. The van der Waals surface area contributed by atoms with E-state index in [4.69, 9.17) is 9.47 Å². The van der Waals surface area contributed by atoms with Crippen LogP contribution >= 0.6 is 0 Å². The molecule has 0 spiro atoms. The number of rotatable bonds is 3.